The first-order valence-electron chi connectivity index (χ1n) is 4.87. The summed E-state index contributed by atoms with van der Waals surface area (Å²) in [5.41, 5.74) is 1.43. The van der Waals surface area contributed by atoms with Gasteiger partial charge in [0.25, 0.3) is 0 Å². The third-order valence-electron chi connectivity index (χ3n) is 2.29. The van der Waals surface area contributed by atoms with Gasteiger partial charge >= 0.3 is 11.9 Å². The summed E-state index contributed by atoms with van der Waals surface area (Å²) < 4.78 is 0. The quantitative estimate of drug-likeness (QED) is 0.780. The van der Waals surface area contributed by atoms with Gasteiger partial charge < -0.3 is 10.2 Å². The molecule has 0 saturated heterocycles. The number of rotatable bonds is 4. The zero-order chi connectivity index (χ0) is 13.0. The zero-order valence-electron chi connectivity index (χ0n) is 9.30. The minimum absolute atomic E-state index is 0.245. The summed E-state index contributed by atoms with van der Waals surface area (Å²) in [5, 5.41) is 17.7. The predicted octanol–water partition coefficient (Wildman–Crippen LogP) is 2.19. The first-order chi connectivity index (χ1) is 7.97. The van der Waals surface area contributed by atoms with Gasteiger partial charge in [0.1, 0.15) is 0 Å². The second kappa shape index (κ2) is 5.12. The van der Waals surface area contributed by atoms with Crippen LogP contribution in [-0.4, -0.2) is 22.2 Å². The fourth-order valence-electron chi connectivity index (χ4n) is 1.59. The van der Waals surface area contributed by atoms with E-state index < -0.39 is 11.9 Å². The van der Waals surface area contributed by atoms with E-state index in [4.69, 9.17) is 10.2 Å². The second-order valence-electron chi connectivity index (χ2n) is 3.44. The Labute approximate surface area is 98.5 Å². The molecule has 1 aromatic carbocycles. The number of benzene rings is 1. The molecule has 0 unspecified atom stereocenters. The van der Waals surface area contributed by atoms with Gasteiger partial charge in [-0.3, -0.25) is 0 Å². The predicted molar refractivity (Wildman–Crippen MR) is 64.5 cm³/mol. The molecule has 0 amide bonds. The molecule has 0 spiro atoms. The van der Waals surface area contributed by atoms with Gasteiger partial charge in [0.15, 0.2) is 0 Å². The molecule has 17 heavy (non-hydrogen) atoms. The molecule has 0 bridgehead atoms. The van der Waals surface area contributed by atoms with E-state index in [-0.39, 0.29) is 5.57 Å². The average Bonchev–Trinajstić information content (AvgIpc) is 2.25. The van der Waals surface area contributed by atoms with E-state index in [0.717, 1.165) is 0 Å². The molecule has 0 aliphatic heterocycles. The second-order valence-corrected chi connectivity index (χ2v) is 3.44. The van der Waals surface area contributed by atoms with Gasteiger partial charge in [-0.1, -0.05) is 30.9 Å². The summed E-state index contributed by atoms with van der Waals surface area (Å²) in [6.45, 7) is 5.31. The van der Waals surface area contributed by atoms with Crippen molar-refractivity contribution >= 4 is 23.6 Å². The topological polar surface area (TPSA) is 74.6 Å². The van der Waals surface area contributed by atoms with Crippen molar-refractivity contribution in [3.63, 3.8) is 0 Å². The minimum atomic E-state index is -1.29. The number of aliphatic carboxylic acids is 2. The average molecular weight is 232 g/mol. The van der Waals surface area contributed by atoms with Crippen LogP contribution in [-0.2, 0) is 9.59 Å². The monoisotopic (exact) mass is 232 g/mol. The Bertz CT molecular complexity index is 512. The molecule has 0 atom stereocenters. The Hall–Kier alpha value is -2.36. The molecule has 0 heterocycles. The van der Waals surface area contributed by atoms with Crippen molar-refractivity contribution in [2.24, 2.45) is 0 Å². The van der Waals surface area contributed by atoms with Gasteiger partial charge in [-0.2, -0.15) is 0 Å². The van der Waals surface area contributed by atoms with Crippen LogP contribution in [0.15, 0.2) is 30.9 Å². The van der Waals surface area contributed by atoms with Gasteiger partial charge in [0, 0.05) is 6.08 Å². The number of carboxylic acid groups (broad SMARTS) is 2. The van der Waals surface area contributed by atoms with Crippen LogP contribution in [0.5, 0.6) is 0 Å². The Morgan fingerprint density at radius 2 is 1.94 bits per heavy atom. The first kappa shape index (κ1) is 12.7. The zero-order valence-corrected chi connectivity index (χ0v) is 9.30. The SMILES string of the molecule is C=Cc1cccc(C)c1/C(=C/C(=O)O)C(=O)O. The third-order valence-corrected chi connectivity index (χ3v) is 2.29. The van der Waals surface area contributed by atoms with Crippen molar-refractivity contribution in [3.8, 4) is 0 Å². The highest BCUT2D eigenvalue weighted by Gasteiger charge is 2.16. The molecule has 2 N–H and O–H groups in total. The summed E-state index contributed by atoms with van der Waals surface area (Å²) in [5.74, 6) is -2.56. The fraction of sp³-hybridized carbons (Fsp3) is 0.0769. The van der Waals surface area contributed by atoms with E-state index in [1.165, 1.54) is 6.08 Å². The molecule has 4 heteroatoms. The van der Waals surface area contributed by atoms with Gasteiger partial charge in [0.05, 0.1) is 5.57 Å². The van der Waals surface area contributed by atoms with Crippen molar-refractivity contribution in [3.05, 3.63) is 47.5 Å². The van der Waals surface area contributed by atoms with Gasteiger partial charge in [-0.25, -0.2) is 9.59 Å². The number of hydrogen-bond acceptors (Lipinski definition) is 2. The van der Waals surface area contributed by atoms with E-state index >= 15 is 0 Å². The van der Waals surface area contributed by atoms with Crippen molar-refractivity contribution in [1.82, 2.24) is 0 Å². The molecule has 0 aliphatic rings. The highest BCUT2D eigenvalue weighted by Crippen LogP contribution is 2.24. The highest BCUT2D eigenvalue weighted by atomic mass is 16.4. The molecule has 4 nitrogen and oxygen atoms in total. The van der Waals surface area contributed by atoms with E-state index in [1.807, 2.05) is 0 Å². The van der Waals surface area contributed by atoms with Crippen LogP contribution in [0.1, 0.15) is 16.7 Å². The minimum Gasteiger partial charge on any atom is -0.478 e. The lowest BCUT2D eigenvalue weighted by Gasteiger charge is -2.10. The summed E-state index contributed by atoms with van der Waals surface area (Å²) in [6.07, 6.45) is 2.19. The number of hydrogen-bond donors (Lipinski definition) is 2. The molecule has 0 saturated carbocycles. The summed E-state index contributed by atoms with van der Waals surface area (Å²) in [4.78, 5) is 21.7. The van der Waals surface area contributed by atoms with Crippen LogP contribution in [0.3, 0.4) is 0 Å². The highest BCUT2D eigenvalue weighted by molar-refractivity contribution is 6.20. The lowest BCUT2D eigenvalue weighted by atomic mass is 9.94. The van der Waals surface area contributed by atoms with Crippen LogP contribution in [0.25, 0.3) is 11.6 Å². The summed E-state index contributed by atoms with van der Waals surface area (Å²) in [7, 11) is 0. The molecular formula is C13H12O4. The largest absolute Gasteiger partial charge is 0.478 e. The molecular weight excluding hydrogens is 220 g/mol. The van der Waals surface area contributed by atoms with Crippen LogP contribution < -0.4 is 0 Å². The van der Waals surface area contributed by atoms with Gasteiger partial charge in [-0.15, -0.1) is 0 Å². The number of carboxylic acids is 2. The Morgan fingerprint density at radius 1 is 1.29 bits per heavy atom. The first-order valence-corrected chi connectivity index (χ1v) is 4.87. The van der Waals surface area contributed by atoms with Crippen LogP contribution >= 0.6 is 0 Å². The van der Waals surface area contributed by atoms with Crippen molar-refractivity contribution in [2.75, 3.05) is 0 Å². The van der Waals surface area contributed by atoms with Crippen LogP contribution in [0, 0.1) is 6.92 Å². The molecule has 0 aliphatic carbocycles. The molecule has 0 fully saturated rings. The Kier molecular flexibility index (Phi) is 3.82. The third kappa shape index (κ3) is 2.81. The lowest BCUT2D eigenvalue weighted by molar-refractivity contribution is -0.133. The Balaban J connectivity index is 3.53. The van der Waals surface area contributed by atoms with E-state index in [2.05, 4.69) is 6.58 Å². The maximum absolute atomic E-state index is 11.1. The summed E-state index contributed by atoms with van der Waals surface area (Å²) in [6, 6.07) is 5.17. The Morgan fingerprint density at radius 3 is 2.41 bits per heavy atom. The molecule has 0 aromatic heterocycles. The molecule has 1 rings (SSSR count). The molecule has 1 aromatic rings. The van der Waals surface area contributed by atoms with E-state index in [0.29, 0.717) is 22.8 Å². The number of aryl methyl sites for hydroxylation is 1. The van der Waals surface area contributed by atoms with Crippen LogP contribution in [0.2, 0.25) is 0 Å². The standard InChI is InChI=1S/C13H12O4/c1-3-9-6-4-5-8(2)12(9)10(13(16)17)7-11(14)15/h3-7H,1H2,2H3,(H,14,15)(H,16,17)/b10-7-. The smallest absolute Gasteiger partial charge is 0.336 e. The molecule has 0 radical (unpaired) electrons. The maximum Gasteiger partial charge on any atom is 0.336 e. The van der Waals surface area contributed by atoms with E-state index in [9.17, 15) is 9.59 Å². The van der Waals surface area contributed by atoms with Crippen molar-refractivity contribution in [2.45, 2.75) is 6.92 Å². The summed E-state index contributed by atoms with van der Waals surface area (Å²) >= 11 is 0. The van der Waals surface area contributed by atoms with Gasteiger partial charge in [-0.05, 0) is 23.6 Å². The number of carbonyl (C=O) groups is 2. The van der Waals surface area contributed by atoms with Crippen molar-refractivity contribution < 1.29 is 19.8 Å². The maximum atomic E-state index is 11.1. The molecule has 88 valence electrons. The van der Waals surface area contributed by atoms with Crippen molar-refractivity contribution in [1.29, 1.82) is 0 Å². The fourth-order valence-corrected chi connectivity index (χ4v) is 1.59. The normalized spacial score (nSPS) is 11.0. The lowest BCUT2D eigenvalue weighted by Crippen LogP contribution is -2.06. The van der Waals surface area contributed by atoms with Gasteiger partial charge in [0.2, 0.25) is 0 Å². The van der Waals surface area contributed by atoms with E-state index in [1.54, 1.807) is 25.1 Å². The van der Waals surface area contributed by atoms with Crippen LogP contribution in [0.4, 0.5) is 0 Å².